The molecule has 2 aliphatic rings. The predicted octanol–water partition coefficient (Wildman–Crippen LogP) is 3.93. The third-order valence-electron chi connectivity index (χ3n) is 5.22. The molecule has 2 fully saturated rings. The highest BCUT2D eigenvalue weighted by atomic mass is 35.5. The Morgan fingerprint density at radius 3 is 2.80 bits per heavy atom. The summed E-state index contributed by atoms with van der Waals surface area (Å²) in [7, 11) is 4.21. The summed E-state index contributed by atoms with van der Waals surface area (Å²) in [6, 6.07) is 6.25. The molecule has 0 saturated heterocycles. The van der Waals surface area contributed by atoms with Gasteiger partial charge in [-0.25, -0.2) is 0 Å². The maximum atomic E-state index is 6.19. The van der Waals surface area contributed by atoms with Gasteiger partial charge in [-0.3, -0.25) is 0 Å². The van der Waals surface area contributed by atoms with E-state index in [0.29, 0.717) is 0 Å². The molecule has 2 saturated carbocycles. The molecule has 0 aliphatic heterocycles. The lowest BCUT2D eigenvalue weighted by Gasteiger charge is -2.30. The summed E-state index contributed by atoms with van der Waals surface area (Å²) in [4.78, 5) is 2.42. The Hall–Kier alpha value is -0.730. The van der Waals surface area contributed by atoms with Gasteiger partial charge in [0.2, 0.25) is 0 Å². The lowest BCUT2D eigenvalue weighted by molar-refractivity contribution is 0.337. The van der Waals surface area contributed by atoms with Crippen LogP contribution in [0, 0.1) is 17.8 Å². The summed E-state index contributed by atoms with van der Waals surface area (Å²) in [5.41, 5.74) is 2.62. The number of rotatable bonds is 5. The lowest BCUT2D eigenvalue weighted by atomic mass is 9.88. The van der Waals surface area contributed by atoms with E-state index < -0.39 is 0 Å². The maximum absolute atomic E-state index is 6.19. The van der Waals surface area contributed by atoms with Gasteiger partial charge in [-0.15, -0.1) is 0 Å². The van der Waals surface area contributed by atoms with Crippen LogP contribution < -0.4 is 10.2 Å². The molecule has 3 rings (SSSR count). The topological polar surface area (TPSA) is 15.3 Å². The zero-order valence-corrected chi connectivity index (χ0v) is 13.3. The van der Waals surface area contributed by atoms with Crippen molar-refractivity contribution < 1.29 is 0 Å². The molecule has 2 nitrogen and oxygen atoms in total. The first-order valence-electron chi connectivity index (χ1n) is 7.81. The number of halogens is 1. The minimum Gasteiger partial charge on any atom is -0.374 e. The van der Waals surface area contributed by atoms with Gasteiger partial charge in [0.15, 0.2) is 0 Å². The van der Waals surface area contributed by atoms with Crippen LogP contribution in [-0.2, 0) is 6.54 Å². The highest BCUT2D eigenvalue weighted by Crippen LogP contribution is 2.48. The quantitative estimate of drug-likeness (QED) is 0.884. The zero-order valence-electron chi connectivity index (χ0n) is 12.5. The number of benzene rings is 1. The first kappa shape index (κ1) is 14.2. The number of hydrogen-bond donors (Lipinski definition) is 1. The summed E-state index contributed by atoms with van der Waals surface area (Å²) in [5.74, 6) is 2.89. The molecular formula is C17H25ClN2. The van der Waals surface area contributed by atoms with Crippen molar-refractivity contribution in [2.75, 3.05) is 25.5 Å². The largest absolute Gasteiger partial charge is 0.374 e. The summed E-state index contributed by atoms with van der Waals surface area (Å²) < 4.78 is 0. The molecule has 0 heterocycles. The molecule has 110 valence electrons. The molecule has 3 unspecified atom stereocenters. The van der Waals surface area contributed by atoms with Crippen molar-refractivity contribution in [1.29, 1.82) is 0 Å². The van der Waals surface area contributed by atoms with Crippen LogP contribution >= 0.6 is 11.6 Å². The molecule has 0 aromatic heterocycles. The molecule has 0 spiro atoms. The van der Waals surface area contributed by atoms with Crippen LogP contribution in [0.4, 0.5) is 5.69 Å². The van der Waals surface area contributed by atoms with Gasteiger partial charge in [-0.05, 0) is 61.8 Å². The van der Waals surface area contributed by atoms with Gasteiger partial charge in [-0.2, -0.15) is 0 Å². The first-order chi connectivity index (χ1) is 9.67. The molecule has 1 aromatic rings. The Morgan fingerprint density at radius 1 is 1.30 bits per heavy atom. The predicted molar refractivity (Wildman–Crippen MR) is 86.4 cm³/mol. The van der Waals surface area contributed by atoms with Crippen LogP contribution in [0.2, 0.25) is 5.02 Å². The maximum Gasteiger partial charge on any atom is 0.0426 e. The summed E-state index contributed by atoms with van der Waals surface area (Å²) in [6.45, 7) is 2.08. The standard InChI is InChI=1S/C17H25ClN2/c1-19-10-14-5-6-16(18)9-17(14)20(2)11-15-8-12-3-4-13(15)7-12/h5-6,9,12-13,15,19H,3-4,7-8,10-11H2,1-2H3. The fraction of sp³-hybridized carbons (Fsp3) is 0.647. The number of fused-ring (bicyclic) bond motifs is 2. The van der Waals surface area contributed by atoms with Crippen LogP contribution in [0.1, 0.15) is 31.2 Å². The van der Waals surface area contributed by atoms with E-state index in [-0.39, 0.29) is 0 Å². The normalized spacial score (nSPS) is 28.1. The van der Waals surface area contributed by atoms with E-state index in [9.17, 15) is 0 Å². The molecule has 1 N–H and O–H groups in total. The fourth-order valence-corrected chi connectivity index (χ4v) is 4.45. The molecule has 3 atom stereocenters. The zero-order chi connectivity index (χ0) is 14.1. The molecular weight excluding hydrogens is 268 g/mol. The van der Waals surface area contributed by atoms with Gasteiger partial charge in [-0.1, -0.05) is 24.1 Å². The molecule has 20 heavy (non-hydrogen) atoms. The van der Waals surface area contributed by atoms with Gasteiger partial charge < -0.3 is 10.2 Å². The third kappa shape index (κ3) is 2.82. The van der Waals surface area contributed by atoms with Gasteiger partial charge in [0.1, 0.15) is 0 Å². The minimum absolute atomic E-state index is 0.833. The molecule has 0 amide bonds. The molecule has 1 aromatic carbocycles. The van der Waals surface area contributed by atoms with E-state index in [4.69, 9.17) is 11.6 Å². The van der Waals surface area contributed by atoms with Crippen molar-refractivity contribution in [3.8, 4) is 0 Å². The monoisotopic (exact) mass is 292 g/mol. The number of anilines is 1. The Bertz CT molecular complexity index is 474. The van der Waals surface area contributed by atoms with Crippen LogP contribution in [0.3, 0.4) is 0 Å². The van der Waals surface area contributed by atoms with Crippen LogP contribution in [-0.4, -0.2) is 20.6 Å². The van der Waals surface area contributed by atoms with Gasteiger partial charge in [0.25, 0.3) is 0 Å². The molecule has 0 radical (unpaired) electrons. The first-order valence-corrected chi connectivity index (χ1v) is 8.19. The summed E-state index contributed by atoms with van der Waals surface area (Å²) in [5, 5.41) is 4.08. The highest BCUT2D eigenvalue weighted by Gasteiger charge is 2.39. The van der Waals surface area contributed by atoms with Crippen molar-refractivity contribution in [2.45, 2.75) is 32.2 Å². The van der Waals surface area contributed by atoms with Gasteiger partial charge >= 0.3 is 0 Å². The second-order valence-electron chi connectivity index (χ2n) is 6.62. The van der Waals surface area contributed by atoms with Crippen molar-refractivity contribution in [3.05, 3.63) is 28.8 Å². The van der Waals surface area contributed by atoms with Crippen LogP contribution in [0.25, 0.3) is 0 Å². The van der Waals surface area contributed by atoms with Crippen molar-refractivity contribution in [2.24, 2.45) is 17.8 Å². The van der Waals surface area contributed by atoms with E-state index in [1.165, 1.54) is 43.5 Å². The molecule has 2 bridgehead atoms. The van der Waals surface area contributed by atoms with Crippen molar-refractivity contribution in [3.63, 3.8) is 0 Å². The average Bonchev–Trinajstić information content (AvgIpc) is 3.03. The number of nitrogens with one attached hydrogen (secondary N) is 1. The van der Waals surface area contributed by atoms with Crippen LogP contribution in [0.15, 0.2) is 18.2 Å². The Morgan fingerprint density at radius 2 is 2.15 bits per heavy atom. The summed E-state index contributed by atoms with van der Waals surface area (Å²) >= 11 is 6.19. The minimum atomic E-state index is 0.833. The number of nitrogens with zero attached hydrogens (tertiary/aromatic N) is 1. The fourth-order valence-electron chi connectivity index (χ4n) is 4.28. The van der Waals surface area contributed by atoms with Crippen molar-refractivity contribution in [1.82, 2.24) is 5.32 Å². The van der Waals surface area contributed by atoms with E-state index in [2.05, 4.69) is 29.4 Å². The van der Waals surface area contributed by atoms with E-state index >= 15 is 0 Å². The smallest absolute Gasteiger partial charge is 0.0426 e. The van der Waals surface area contributed by atoms with Crippen molar-refractivity contribution >= 4 is 17.3 Å². The van der Waals surface area contributed by atoms with Gasteiger partial charge in [0.05, 0.1) is 0 Å². The SMILES string of the molecule is CNCc1ccc(Cl)cc1N(C)CC1CC2CCC1C2. The Labute approximate surface area is 127 Å². The summed E-state index contributed by atoms with van der Waals surface area (Å²) in [6.07, 6.45) is 5.86. The second kappa shape index (κ2) is 5.95. The van der Waals surface area contributed by atoms with Gasteiger partial charge in [0, 0.05) is 30.8 Å². The van der Waals surface area contributed by atoms with Crippen LogP contribution in [0.5, 0.6) is 0 Å². The molecule has 3 heteroatoms. The number of hydrogen-bond acceptors (Lipinski definition) is 2. The third-order valence-corrected chi connectivity index (χ3v) is 5.45. The lowest BCUT2D eigenvalue weighted by Crippen LogP contribution is -2.29. The van der Waals surface area contributed by atoms with E-state index in [1.807, 2.05) is 13.1 Å². The molecule has 2 aliphatic carbocycles. The highest BCUT2D eigenvalue weighted by molar-refractivity contribution is 6.30. The second-order valence-corrected chi connectivity index (χ2v) is 7.06. The van der Waals surface area contributed by atoms with E-state index in [1.54, 1.807) is 0 Å². The average molecular weight is 293 g/mol. The van der Waals surface area contributed by atoms with E-state index in [0.717, 1.165) is 29.3 Å². The Kier molecular flexibility index (Phi) is 4.23. The Balaban J connectivity index is 1.72.